The van der Waals surface area contributed by atoms with Gasteiger partial charge in [-0.2, -0.15) is 0 Å². The van der Waals surface area contributed by atoms with Gasteiger partial charge >= 0.3 is 0 Å². The van der Waals surface area contributed by atoms with Gasteiger partial charge < -0.3 is 15.8 Å². The largest absolute Gasteiger partial charge is 0.377 e. The van der Waals surface area contributed by atoms with Gasteiger partial charge in [0.2, 0.25) is 5.91 Å². The zero-order valence-electron chi connectivity index (χ0n) is 15.1. The van der Waals surface area contributed by atoms with Crippen LogP contribution in [-0.2, 0) is 9.53 Å². The number of ether oxygens (including phenoxy) is 1. The Morgan fingerprint density at radius 3 is 2.92 bits per heavy atom. The van der Waals surface area contributed by atoms with Crippen LogP contribution in [0.1, 0.15) is 44.7 Å². The average Bonchev–Trinajstić information content (AvgIpc) is 2.61. The van der Waals surface area contributed by atoms with Crippen LogP contribution < -0.4 is 11.1 Å². The van der Waals surface area contributed by atoms with E-state index in [1.54, 1.807) is 17.8 Å². The highest BCUT2D eigenvalue weighted by molar-refractivity contribution is 7.99. The molecule has 0 bridgehead atoms. The number of carbonyl (C=O) groups excluding carboxylic acids is 1. The molecule has 4 nitrogen and oxygen atoms in total. The maximum Gasteiger partial charge on any atom is 0.241 e. The molecular weight excluding hydrogens is 375 g/mol. The van der Waals surface area contributed by atoms with Gasteiger partial charge in [-0.1, -0.05) is 13.8 Å². The molecule has 144 valence electrons. The summed E-state index contributed by atoms with van der Waals surface area (Å²) < 4.78 is 19.6. The van der Waals surface area contributed by atoms with Gasteiger partial charge in [-0.15, -0.1) is 24.2 Å². The smallest absolute Gasteiger partial charge is 0.241 e. The number of nitrogens with one attached hydrogen (secondary N) is 1. The number of amides is 1. The fraction of sp³-hybridized carbons (Fsp3) is 0.632. The average molecular weight is 401 g/mol. The number of thioether (sulfide) groups is 1. The zero-order valence-corrected chi connectivity index (χ0v) is 16.7. The minimum atomic E-state index is -0.934. The van der Waals surface area contributed by atoms with E-state index >= 15 is 0 Å². The topological polar surface area (TPSA) is 64.3 Å². The minimum Gasteiger partial charge on any atom is -0.377 e. The van der Waals surface area contributed by atoms with E-state index in [0.717, 1.165) is 42.1 Å². The predicted octanol–water partition coefficient (Wildman–Crippen LogP) is 3.43. The normalized spacial score (nSPS) is 34.5. The second kappa shape index (κ2) is 6.97. The van der Waals surface area contributed by atoms with Gasteiger partial charge in [-0.25, -0.2) is 4.39 Å². The summed E-state index contributed by atoms with van der Waals surface area (Å²) in [6, 6.07) is 4.62. The molecule has 1 saturated carbocycles. The van der Waals surface area contributed by atoms with Crippen molar-refractivity contribution in [3.05, 3.63) is 29.6 Å². The van der Waals surface area contributed by atoms with Crippen LogP contribution >= 0.6 is 24.2 Å². The Balaban J connectivity index is 0.00000196. The summed E-state index contributed by atoms with van der Waals surface area (Å²) in [5.74, 6) is 0.560. The Morgan fingerprint density at radius 1 is 1.38 bits per heavy atom. The van der Waals surface area contributed by atoms with E-state index in [1.165, 1.54) is 12.1 Å². The summed E-state index contributed by atoms with van der Waals surface area (Å²) >= 11 is 1.70. The third-order valence-corrected chi connectivity index (χ3v) is 7.50. The minimum absolute atomic E-state index is 0. The van der Waals surface area contributed by atoms with Gasteiger partial charge in [0, 0.05) is 28.6 Å². The number of fused-ring (bicyclic) bond motifs is 2. The molecule has 4 rings (SSSR count). The van der Waals surface area contributed by atoms with Crippen molar-refractivity contribution >= 4 is 30.1 Å². The lowest BCUT2D eigenvalue weighted by Gasteiger charge is -2.65. The van der Waals surface area contributed by atoms with Gasteiger partial charge in [-0.3, -0.25) is 4.79 Å². The van der Waals surface area contributed by atoms with Crippen molar-refractivity contribution in [3.8, 4) is 0 Å². The molecule has 1 aliphatic carbocycles. The third-order valence-electron chi connectivity index (χ3n) is 6.38. The molecule has 4 atom stereocenters. The summed E-state index contributed by atoms with van der Waals surface area (Å²) in [6.45, 7) is 4.78. The number of hydrogen-bond donors (Lipinski definition) is 2. The lowest BCUT2D eigenvalue weighted by atomic mass is 9.46. The zero-order chi connectivity index (χ0) is 17.8. The predicted molar refractivity (Wildman–Crippen MR) is 103 cm³/mol. The highest BCUT2D eigenvalue weighted by Crippen LogP contribution is 2.57. The van der Waals surface area contributed by atoms with Gasteiger partial charge in [0.05, 0.1) is 12.1 Å². The number of hydrogen-bond acceptors (Lipinski definition) is 4. The quantitative estimate of drug-likeness (QED) is 0.798. The fourth-order valence-corrected chi connectivity index (χ4v) is 5.94. The van der Waals surface area contributed by atoms with Gasteiger partial charge in [0.15, 0.2) is 0 Å². The van der Waals surface area contributed by atoms with Crippen molar-refractivity contribution in [1.82, 2.24) is 5.32 Å². The molecular formula is C19H26ClFN2O2S. The van der Waals surface area contributed by atoms with Crippen molar-refractivity contribution in [2.75, 3.05) is 12.4 Å². The van der Waals surface area contributed by atoms with Crippen LogP contribution in [0.4, 0.5) is 4.39 Å². The Kier molecular flexibility index (Phi) is 5.34. The van der Waals surface area contributed by atoms with Crippen molar-refractivity contribution in [2.24, 2.45) is 17.1 Å². The number of rotatable bonds is 2. The van der Waals surface area contributed by atoms with Crippen LogP contribution in [0.2, 0.25) is 0 Å². The molecule has 1 amide bonds. The molecule has 3 N–H and O–H groups in total. The van der Waals surface area contributed by atoms with Crippen LogP contribution in [0.3, 0.4) is 0 Å². The van der Waals surface area contributed by atoms with Crippen molar-refractivity contribution in [3.63, 3.8) is 0 Å². The molecule has 2 fully saturated rings. The Morgan fingerprint density at radius 2 is 2.15 bits per heavy atom. The van der Waals surface area contributed by atoms with Gasteiger partial charge in [0.25, 0.3) is 0 Å². The highest BCUT2D eigenvalue weighted by Gasteiger charge is 2.70. The summed E-state index contributed by atoms with van der Waals surface area (Å²) in [6.07, 6.45) is 2.69. The first kappa shape index (κ1) is 19.9. The van der Waals surface area contributed by atoms with E-state index in [0.29, 0.717) is 0 Å². The lowest BCUT2D eigenvalue weighted by Crippen LogP contribution is -2.82. The Bertz CT molecular complexity index is 717. The molecule has 1 aromatic rings. The number of carbonyl (C=O) groups is 1. The van der Waals surface area contributed by atoms with Crippen LogP contribution in [-0.4, -0.2) is 29.9 Å². The standard InChI is InChI=1S/C19H25FN2O2S.ClH/c1-18(2)16-13(4-3-8-24-16)19(18,21)17(23)22-14-7-9-25-15-6-5-11(20)10-12(14)15;/h5-6,10,13-14,16H,3-4,7-9,21H2,1-2H3,(H,22,23);1H. The molecule has 1 saturated heterocycles. The molecule has 26 heavy (non-hydrogen) atoms. The van der Waals surface area contributed by atoms with E-state index in [2.05, 4.69) is 5.32 Å². The van der Waals surface area contributed by atoms with Gasteiger partial charge in [-0.05, 0) is 43.0 Å². The second-order valence-electron chi connectivity index (χ2n) is 7.98. The molecule has 1 aromatic carbocycles. The molecule has 2 heterocycles. The van der Waals surface area contributed by atoms with E-state index in [-0.39, 0.29) is 42.2 Å². The van der Waals surface area contributed by atoms with Crippen molar-refractivity contribution in [2.45, 2.75) is 55.7 Å². The summed E-state index contributed by atoms with van der Waals surface area (Å²) in [4.78, 5) is 14.2. The van der Waals surface area contributed by atoms with Crippen molar-refractivity contribution in [1.29, 1.82) is 0 Å². The molecule has 0 spiro atoms. The number of nitrogens with two attached hydrogens (primary N) is 1. The van der Waals surface area contributed by atoms with Crippen molar-refractivity contribution < 1.29 is 13.9 Å². The fourth-order valence-electron chi connectivity index (χ4n) is 4.83. The first-order valence-corrected chi connectivity index (χ1v) is 9.98. The highest BCUT2D eigenvalue weighted by atomic mass is 35.5. The number of benzene rings is 1. The van der Waals surface area contributed by atoms with E-state index in [1.807, 2.05) is 13.8 Å². The molecule has 4 unspecified atom stereocenters. The SMILES string of the molecule is CC1(C)C2OCCCC2C1(N)C(=O)NC1CCSc2ccc(F)cc21.Cl. The van der Waals surface area contributed by atoms with Crippen LogP contribution in [0.15, 0.2) is 23.1 Å². The molecule has 7 heteroatoms. The third kappa shape index (κ3) is 2.77. The van der Waals surface area contributed by atoms with E-state index in [9.17, 15) is 9.18 Å². The van der Waals surface area contributed by atoms with Crippen LogP contribution in [0.5, 0.6) is 0 Å². The van der Waals surface area contributed by atoms with E-state index < -0.39 is 11.0 Å². The first-order chi connectivity index (χ1) is 11.9. The van der Waals surface area contributed by atoms with Gasteiger partial charge in [0.1, 0.15) is 11.4 Å². The monoisotopic (exact) mass is 400 g/mol. The first-order valence-electron chi connectivity index (χ1n) is 8.99. The van der Waals surface area contributed by atoms with Crippen LogP contribution in [0.25, 0.3) is 0 Å². The molecule has 0 radical (unpaired) electrons. The lowest BCUT2D eigenvalue weighted by molar-refractivity contribution is -0.225. The molecule has 2 aliphatic heterocycles. The molecule has 3 aliphatic rings. The maximum atomic E-state index is 13.7. The molecule has 0 aromatic heterocycles. The number of halogens is 2. The summed E-state index contributed by atoms with van der Waals surface area (Å²) in [5.41, 5.74) is 6.20. The second-order valence-corrected chi connectivity index (χ2v) is 9.11. The Labute approximate surface area is 164 Å². The summed E-state index contributed by atoms with van der Waals surface area (Å²) in [5, 5.41) is 3.13. The Hall–Kier alpha value is -0.820. The maximum absolute atomic E-state index is 13.7. The van der Waals surface area contributed by atoms with E-state index in [4.69, 9.17) is 10.5 Å². The van der Waals surface area contributed by atoms with Crippen LogP contribution in [0, 0.1) is 17.2 Å². The summed E-state index contributed by atoms with van der Waals surface area (Å²) in [7, 11) is 0.